The average molecular weight is 390 g/mol. The molecule has 0 aliphatic carbocycles. The molecule has 0 saturated carbocycles. The number of aromatic nitrogens is 1. The molecule has 1 heterocycles. The fourth-order valence-corrected chi connectivity index (χ4v) is 3.47. The summed E-state index contributed by atoms with van der Waals surface area (Å²) in [5.74, 6) is 1.81. The molecule has 7 heteroatoms. The molecule has 6 nitrogen and oxygen atoms in total. The van der Waals surface area contributed by atoms with Gasteiger partial charge in [0.25, 0.3) is 5.91 Å². The molecule has 1 aromatic heterocycles. The molecule has 146 valence electrons. The summed E-state index contributed by atoms with van der Waals surface area (Å²) in [4.78, 5) is 24.0. The number of carbonyl (C=O) groups excluding carboxylic acids is 2. The lowest BCUT2D eigenvalue weighted by Crippen LogP contribution is -2.25. The minimum Gasteiger partial charge on any atom is -0.361 e. The number of hydrogen-bond donors (Lipinski definition) is 2. The highest BCUT2D eigenvalue weighted by molar-refractivity contribution is 7.99. The molecule has 2 N–H and O–H groups in total. The van der Waals surface area contributed by atoms with E-state index in [2.05, 4.69) is 22.7 Å². The number of unbranched alkanes of at least 4 members (excludes halogenated alkanes) is 1. The second-order valence-electron chi connectivity index (χ2n) is 6.38. The van der Waals surface area contributed by atoms with Crippen molar-refractivity contribution in [2.45, 2.75) is 45.9 Å². The highest BCUT2D eigenvalue weighted by Crippen LogP contribution is 2.19. The van der Waals surface area contributed by atoms with E-state index >= 15 is 0 Å². The number of thioether (sulfide) groups is 1. The lowest BCUT2D eigenvalue weighted by molar-refractivity contribution is -0.118. The van der Waals surface area contributed by atoms with Crippen molar-refractivity contribution >= 4 is 23.6 Å². The van der Waals surface area contributed by atoms with Crippen molar-refractivity contribution in [2.24, 2.45) is 0 Å². The average Bonchev–Trinajstić information content (AvgIpc) is 2.99. The maximum atomic E-state index is 12.0. The van der Waals surface area contributed by atoms with Crippen molar-refractivity contribution in [3.8, 4) is 0 Å². The SMILES string of the molecule is CCCCNC(=O)c1ccc(CNC(=O)CSCc2c(C)noc2C)cc1. The van der Waals surface area contributed by atoms with Gasteiger partial charge in [0.05, 0.1) is 11.4 Å². The standard InChI is InChI=1S/C20H27N3O3S/c1-4-5-10-21-20(25)17-8-6-16(7-9-17)11-22-19(24)13-27-12-18-14(2)23-26-15(18)3/h6-9H,4-5,10-13H2,1-3H3,(H,21,25)(H,22,24). The number of aryl methyl sites for hydroxylation is 2. The van der Waals surface area contributed by atoms with Crippen LogP contribution in [0.4, 0.5) is 0 Å². The maximum absolute atomic E-state index is 12.0. The zero-order valence-corrected chi connectivity index (χ0v) is 16.9. The van der Waals surface area contributed by atoms with E-state index in [1.165, 1.54) is 11.8 Å². The van der Waals surface area contributed by atoms with Crippen LogP contribution in [0.3, 0.4) is 0 Å². The fraction of sp³-hybridized carbons (Fsp3) is 0.450. The fourth-order valence-electron chi connectivity index (χ4n) is 2.46. The van der Waals surface area contributed by atoms with Crippen LogP contribution < -0.4 is 10.6 Å². The summed E-state index contributed by atoms with van der Waals surface area (Å²) in [5.41, 5.74) is 3.53. The first-order valence-electron chi connectivity index (χ1n) is 9.14. The number of rotatable bonds is 10. The van der Waals surface area contributed by atoms with Gasteiger partial charge in [-0.25, -0.2) is 0 Å². The summed E-state index contributed by atoms with van der Waals surface area (Å²) in [7, 11) is 0. The molecule has 0 radical (unpaired) electrons. The van der Waals surface area contributed by atoms with E-state index in [9.17, 15) is 9.59 Å². The van der Waals surface area contributed by atoms with Gasteiger partial charge in [0.2, 0.25) is 5.91 Å². The Morgan fingerprint density at radius 2 is 1.89 bits per heavy atom. The molecule has 2 aromatic rings. The lowest BCUT2D eigenvalue weighted by atomic mass is 10.1. The first kappa shape index (κ1) is 21.0. The Kier molecular flexibility index (Phi) is 8.39. The van der Waals surface area contributed by atoms with Gasteiger partial charge in [0.15, 0.2) is 0 Å². The quantitative estimate of drug-likeness (QED) is 0.609. The number of nitrogens with one attached hydrogen (secondary N) is 2. The first-order valence-corrected chi connectivity index (χ1v) is 10.3. The molecule has 0 aliphatic rings. The molecular weight excluding hydrogens is 362 g/mol. The topological polar surface area (TPSA) is 84.2 Å². The second-order valence-corrected chi connectivity index (χ2v) is 7.36. The molecule has 0 bridgehead atoms. The summed E-state index contributed by atoms with van der Waals surface area (Å²) in [6.45, 7) is 7.01. The van der Waals surface area contributed by atoms with Gasteiger partial charge in [-0.05, 0) is 38.0 Å². The van der Waals surface area contributed by atoms with Gasteiger partial charge in [-0.3, -0.25) is 9.59 Å². The van der Waals surface area contributed by atoms with E-state index in [1.54, 1.807) is 12.1 Å². The normalized spacial score (nSPS) is 10.6. The van der Waals surface area contributed by atoms with Gasteiger partial charge >= 0.3 is 0 Å². The monoisotopic (exact) mass is 389 g/mol. The highest BCUT2D eigenvalue weighted by Gasteiger charge is 2.10. The smallest absolute Gasteiger partial charge is 0.251 e. The van der Waals surface area contributed by atoms with E-state index in [0.717, 1.165) is 35.4 Å². The molecule has 0 atom stereocenters. The van der Waals surface area contributed by atoms with Gasteiger partial charge in [-0.2, -0.15) is 0 Å². The third-order valence-electron chi connectivity index (χ3n) is 4.18. The summed E-state index contributed by atoms with van der Waals surface area (Å²) >= 11 is 1.53. The Bertz CT molecular complexity index is 737. The van der Waals surface area contributed by atoms with Crippen molar-refractivity contribution in [3.63, 3.8) is 0 Å². The van der Waals surface area contributed by atoms with Crippen molar-refractivity contribution in [3.05, 3.63) is 52.4 Å². The van der Waals surface area contributed by atoms with Crippen molar-refractivity contribution < 1.29 is 14.1 Å². The van der Waals surface area contributed by atoms with Gasteiger partial charge in [-0.1, -0.05) is 30.6 Å². The first-order chi connectivity index (χ1) is 13.0. The van der Waals surface area contributed by atoms with E-state index in [-0.39, 0.29) is 11.8 Å². The Labute approximate surface area is 164 Å². The summed E-state index contributed by atoms with van der Waals surface area (Å²) in [6, 6.07) is 7.31. The molecule has 0 aliphatic heterocycles. The van der Waals surface area contributed by atoms with Gasteiger partial charge in [-0.15, -0.1) is 11.8 Å². The van der Waals surface area contributed by atoms with Crippen LogP contribution in [0.15, 0.2) is 28.8 Å². The predicted octanol–water partition coefficient (Wildman–Crippen LogP) is 3.37. The maximum Gasteiger partial charge on any atom is 0.251 e. The van der Waals surface area contributed by atoms with E-state index in [0.29, 0.717) is 30.2 Å². The third-order valence-corrected chi connectivity index (χ3v) is 5.14. The van der Waals surface area contributed by atoms with Crippen LogP contribution in [-0.2, 0) is 17.1 Å². The minimum absolute atomic E-state index is 0.0202. The Morgan fingerprint density at radius 3 is 2.52 bits per heavy atom. The molecule has 2 rings (SSSR count). The van der Waals surface area contributed by atoms with Crippen molar-refractivity contribution in [1.82, 2.24) is 15.8 Å². The summed E-state index contributed by atoms with van der Waals surface area (Å²) in [5, 5.41) is 9.70. The van der Waals surface area contributed by atoms with Crippen LogP contribution >= 0.6 is 11.8 Å². The van der Waals surface area contributed by atoms with Crippen LogP contribution in [0, 0.1) is 13.8 Å². The van der Waals surface area contributed by atoms with Crippen LogP contribution in [0.1, 0.15) is 52.7 Å². The van der Waals surface area contributed by atoms with Gasteiger partial charge < -0.3 is 15.2 Å². The van der Waals surface area contributed by atoms with Crippen molar-refractivity contribution in [1.29, 1.82) is 0 Å². The number of nitrogens with zero attached hydrogens (tertiary/aromatic N) is 1. The molecule has 27 heavy (non-hydrogen) atoms. The molecule has 0 spiro atoms. The number of carbonyl (C=O) groups is 2. The molecule has 0 fully saturated rings. The molecule has 2 amide bonds. The highest BCUT2D eigenvalue weighted by atomic mass is 32.2. The van der Waals surface area contributed by atoms with E-state index < -0.39 is 0 Å². The minimum atomic E-state index is -0.0604. The zero-order chi connectivity index (χ0) is 19.6. The Balaban J connectivity index is 1.71. The third kappa shape index (κ3) is 6.75. The zero-order valence-electron chi connectivity index (χ0n) is 16.1. The number of amides is 2. The summed E-state index contributed by atoms with van der Waals surface area (Å²) in [6.07, 6.45) is 2.03. The van der Waals surface area contributed by atoms with Gasteiger partial charge in [0, 0.05) is 30.0 Å². The number of hydrogen-bond acceptors (Lipinski definition) is 5. The molecule has 0 saturated heterocycles. The van der Waals surface area contributed by atoms with Crippen LogP contribution in [0.25, 0.3) is 0 Å². The van der Waals surface area contributed by atoms with Crippen LogP contribution in [0.5, 0.6) is 0 Å². The van der Waals surface area contributed by atoms with Crippen LogP contribution in [-0.4, -0.2) is 29.3 Å². The van der Waals surface area contributed by atoms with Gasteiger partial charge in [0.1, 0.15) is 5.76 Å². The second kappa shape index (κ2) is 10.8. The Morgan fingerprint density at radius 1 is 1.15 bits per heavy atom. The lowest BCUT2D eigenvalue weighted by Gasteiger charge is -2.07. The largest absolute Gasteiger partial charge is 0.361 e. The predicted molar refractivity (Wildman–Crippen MR) is 108 cm³/mol. The van der Waals surface area contributed by atoms with Crippen molar-refractivity contribution in [2.75, 3.05) is 12.3 Å². The van der Waals surface area contributed by atoms with E-state index in [4.69, 9.17) is 4.52 Å². The number of benzene rings is 1. The van der Waals surface area contributed by atoms with Crippen LogP contribution in [0.2, 0.25) is 0 Å². The summed E-state index contributed by atoms with van der Waals surface area (Å²) < 4.78 is 5.12. The molecule has 0 unspecified atom stereocenters. The Hall–Kier alpha value is -2.28. The van der Waals surface area contributed by atoms with E-state index in [1.807, 2.05) is 26.0 Å². The molecular formula is C20H27N3O3S. The molecule has 1 aromatic carbocycles.